The van der Waals surface area contributed by atoms with Crippen LogP contribution in [0.1, 0.15) is 29.9 Å². The molecule has 0 radical (unpaired) electrons. The third-order valence-electron chi connectivity index (χ3n) is 3.78. The first-order valence-electron chi connectivity index (χ1n) is 6.88. The van der Waals surface area contributed by atoms with Gasteiger partial charge in [0.1, 0.15) is 5.65 Å². The van der Waals surface area contributed by atoms with Gasteiger partial charge in [0.05, 0.1) is 5.69 Å². The molecule has 3 heteroatoms. The van der Waals surface area contributed by atoms with Gasteiger partial charge in [0.25, 0.3) is 0 Å². The van der Waals surface area contributed by atoms with E-state index >= 15 is 0 Å². The maximum Gasteiger partial charge on any atom is 0.137 e. The minimum absolute atomic E-state index is 0.0634. The van der Waals surface area contributed by atoms with Gasteiger partial charge in [-0.15, -0.1) is 0 Å². The van der Waals surface area contributed by atoms with Crippen LogP contribution in [0.5, 0.6) is 0 Å². The Balaban J connectivity index is 2.15. The quantitative estimate of drug-likeness (QED) is 0.768. The lowest BCUT2D eigenvalue weighted by molar-refractivity contribution is 0.818. The summed E-state index contributed by atoms with van der Waals surface area (Å²) in [6, 6.07) is 14.6. The minimum Gasteiger partial charge on any atom is -0.324 e. The van der Waals surface area contributed by atoms with Gasteiger partial charge in [0.2, 0.25) is 0 Å². The third-order valence-corrected chi connectivity index (χ3v) is 3.78. The van der Waals surface area contributed by atoms with E-state index in [0.717, 1.165) is 22.5 Å². The fourth-order valence-corrected chi connectivity index (χ4v) is 2.65. The summed E-state index contributed by atoms with van der Waals surface area (Å²) in [5.74, 6) is 0. The number of hydrogen-bond acceptors (Lipinski definition) is 2. The zero-order chi connectivity index (χ0) is 14.3. The van der Waals surface area contributed by atoms with Gasteiger partial charge >= 0.3 is 0 Å². The Labute approximate surface area is 119 Å². The molecule has 0 saturated heterocycles. The number of imidazole rings is 1. The molecule has 0 spiro atoms. The van der Waals surface area contributed by atoms with E-state index in [4.69, 9.17) is 10.7 Å². The second-order valence-electron chi connectivity index (χ2n) is 5.32. The van der Waals surface area contributed by atoms with Crippen LogP contribution in [0.4, 0.5) is 0 Å². The van der Waals surface area contributed by atoms with Gasteiger partial charge in [0.15, 0.2) is 0 Å². The smallest absolute Gasteiger partial charge is 0.137 e. The average Bonchev–Trinajstić information content (AvgIpc) is 2.77. The van der Waals surface area contributed by atoms with Crippen molar-refractivity contribution >= 4 is 5.65 Å². The number of pyridine rings is 1. The summed E-state index contributed by atoms with van der Waals surface area (Å²) in [5, 5.41) is 0. The molecule has 3 nitrogen and oxygen atoms in total. The molecule has 0 bridgehead atoms. The van der Waals surface area contributed by atoms with Crippen molar-refractivity contribution in [2.45, 2.75) is 26.8 Å². The maximum absolute atomic E-state index is 5.89. The van der Waals surface area contributed by atoms with E-state index < -0.39 is 0 Å². The summed E-state index contributed by atoms with van der Waals surface area (Å²) in [4.78, 5) is 4.75. The molecule has 0 amide bonds. The van der Waals surface area contributed by atoms with E-state index in [-0.39, 0.29) is 6.04 Å². The highest BCUT2D eigenvalue weighted by Crippen LogP contribution is 2.25. The van der Waals surface area contributed by atoms with E-state index in [1.165, 1.54) is 11.4 Å². The monoisotopic (exact) mass is 265 g/mol. The standard InChI is InChI=1S/C17H19N3/c1-11-5-4-6-16-19-17(13(3)20(11)16)15-9-7-14(8-10-15)12(2)18/h4-10,12H,18H2,1-3H3. The van der Waals surface area contributed by atoms with E-state index in [9.17, 15) is 0 Å². The SMILES string of the molecule is Cc1cccc2nc(-c3ccc(C(C)N)cc3)c(C)n12. The highest BCUT2D eigenvalue weighted by atomic mass is 15.0. The van der Waals surface area contributed by atoms with Crippen molar-refractivity contribution in [2.75, 3.05) is 0 Å². The molecular weight excluding hydrogens is 246 g/mol. The van der Waals surface area contributed by atoms with Crippen LogP contribution in [0, 0.1) is 13.8 Å². The number of aryl methyl sites for hydroxylation is 2. The predicted octanol–water partition coefficient (Wildman–Crippen LogP) is 3.64. The topological polar surface area (TPSA) is 43.3 Å². The van der Waals surface area contributed by atoms with Gasteiger partial charge in [-0.05, 0) is 38.5 Å². The van der Waals surface area contributed by atoms with Crippen molar-refractivity contribution < 1.29 is 0 Å². The zero-order valence-electron chi connectivity index (χ0n) is 12.1. The summed E-state index contributed by atoms with van der Waals surface area (Å²) in [6.07, 6.45) is 0. The van der Waals surface area contributed by atoms with E-state index in [2.05, 4.69) is 48.6 Å². The number of nitrogens with zero attached hydrogens (tertiary/aromatic N) is 2. The third kappa shape index (κ3) is 2.00. The number of rotatable bonds is 2. The Morgan fingerprint density at radius 1 is 1.05 bits per heavy atom. The molecule has 20 heavy (non-hydrogen) atoms. The molecule has 3 aromatic rings. The number of nitrogens with two attached hydrogens (primary N) is 1. The molecule has 1 aromatic carbocycles. The van der Waals surface area contributed by atoms with Crippen LogP contribution in [0.25, 0.3) is 16.9 Å². The van der Waals surface area contributed by atoms with Gasteiger partial charge in [-0.3, -0.25) is 0 Å². The van der Waals surface area contributed by atoms with Crippen molar-refractivity contribution in [2.24, 2.45) is 5.73 Å². The molecular formula is C17H19N3. The Hall–Kier alpha value is -2.13. The van der Waals surface area contributed by atoms with Gasteiger partial charge < -0.3 is 10.1 Å². The van der Waals surface area contributed by atoms with Crippen molar-refractivity contribution in [3.05, 3.63) is 59.4 Å². The lowest BCUT2D eigenvalue weighted by Crippen LogP contribution is -2.04. The number of aromatic nitrogens is 2. The van der Waals surface area contributed by atoms with Crippen LogP contribution in [-0.2, 0) is 0 Å². The molecule has 2 aromatic heterocycles. The van der Waals surface area contributed by atoms with Gasteiger partial charge in [-0.2, -0.15) is 0 Å². The molecule has 1 atom stereocenters. The number of benzene rings is 1. The molecule has 1 unspecified atom stereocenters. The van der Waals surface area contributed by atoms with E-state index in [0.29, 0.717) is 0 Å². The van der Waals surface area contributed by atoms with Gasteiger partial charge in [-0.25, -0.2) is 4.98 Å². The van der Waals surface area contributed by atoms with Crippen molar-refractivity contribution in [1.82, 2.24) is 9.38 Å². The molecule has 102 valence electrons. The Morgan fingerprint density at radius 2 is 1.75 bits per heavy atom. The second kappa shape index (κ2) is 4.76. The molecule has 3 rings (SSSR count). The second-order valence-corrected chi connectivity index (χ2v) is 5.32. The van der Waals surface area contributed by atoms with E-state index in [1.807, 2.05) is 19.1 Å². The molecule has 2 N–H and O–H groups in total. The summed E-state index contributed by atoms with van der Waals surface area (Å²) >= 11 is 0. The van der Waals surface area contributed by atoms with Crippen LogP contribution in [0.3, 0.4) is 0 Å². The zero-order valence-corrected chi connectivity index (χ0v) is 12.1. The van der Waals surface area contributed by atoms with Crippen LogP contribution in [0.2, 0.25) is 0 Å². The highest BCUT2D eigenvalue weighted by molar-refractivity contribution is 5.67. The lowest BCUT2D eigenvalue weighted by atomic mass is 10.0. The fraction of sp³-hybridized carbons (Fsp3) is 0.235. The molecule has 0 aliphatic carbocycles. The van der Waals surface area contributed by atoms with Crippen molar-refractivity contribution in [1.29, 1.82) is 0 Å². The highest BCUT2D eigenvalue weighted by Gasteiger charge is 2.11. The largest absolute Gasteiger partial charge is 0.324 e. The molecule has 0 aliphatic rings. The Bertz CT molecular complexity index is 752. The van der Waals surface area contributed by atoms with Crippen molar-refractivity contribution in [3.8, 4) is 11.3 Å². The fourth-order valence-electron chi connectivity index (χ4n) is 2.65. The molecule has 0 aliphatic heterocycles. The molecule has 2 heterocycles. The van der Waals surface area contributed by atoms with E-state index in [1.54, 1.807) is 0 Å². The van der Waals surface area contributed by atoms with Crippen LogP contribution in [-0.4, -0.2) is 9.38 Å². The first kappa shape index (κ1) is 12.9. The normalized spacial score (nSPS) is 12.8. The van der Waals surface area contributed by atoms with Crippen molar-refractivity contribution in [3.63, 3.8) is 0 Å². The maximum atomic E-state index is 5.89. The number of hydrogen-bond donors (Lipinski definition) is 1. The molecule has 0 fully saturated rings. The van der Waals surface area contributed by atoms with Crippen LogP contribution >= 0.6 is 0 Å². The summed E-state index contributed by atoms with van der Waals surface area (Å²) in [7, 11) is 0. The average molecular weight is 265 g/mol. The molecule has 0 saturated carbocycles. The Kier molecular flexibility index (Phi) is 3.07. The summed E-state index contributed by atoms with van der Waals surface area (Å²) < 4.78 is 2.19. The first-order valence-corrected chi connectivity index (χ1v) is 6.88. The number of fused-ring (bicyclic) bond motifs is 1. The van der Waals surface area contributed by atoms with Gasteiger partial charge in [-0.1, -0.05) is 30.3 Å². The first-order chi connectivity index (χ1) is 9.58. The summed E-state index contributed by atoms with van der Waals surface area (Å²) in [5.41, 5.74) is 12.6. The minimum atomic E-state index is 0.0634. The Morgan fingerprint density at radius 3 is 2.35 bits per heavy atom. The van der Waals surface area contributed by atoms with Crippen LogP contribution in [0.15, 0.2) is 42.5 Å². The van der Waals surface area contributed by atoms with Gasteiger partial charge in [0, 0.05) is 23.0 Å². The summed E-state index contributed by atoms with van der Waals surface area (Å²) in [6.45, 7) is 6.21. The lowest BCUT2D eigenvalue weighted by Gasteiger charge is -2.06. The van der Waals surface area contributed by atoms with Crippen LogP contribution < -0.4 is 5.73 Å². The predicted molar refractivity (Wildman–Crippen MR) is 82.7 cm³/mol.